The SMILES string of the molecule is Cc1ccc(-c2nc(SCc3noc(C(C)(C)C)n3)n[nH]2)cc1. The fourth-order valence-corrected chi connectivity index (χ4v) is 2.54. The summed E-state index contributed by atoms with van der Waals surface area (Å²) in [5, 5.41) is 11.9. The monoisotopic (exact) mass is 329 g/mol. The van der Waals surface area contributed by atoms with Gasteiger partial charge < -0.3 is 4.52 Å². The van der Waals surface area contributed by atoms with Crippen LogP contribution in [0.25, 0.3) is 11.4 Å². The van der Waals surface area contributed by atoms with Crippen LogP contribution in [-0.4, -0.2) is 25.3 Å². The highest BCUT2D eigenvalue weighted by Crippen LogP contribution is 2.24. The fourth-order valence-electron chi connectivity index (χ4n) is 1.90. The van der Waals surface area contributed by atoms with E-state index in [4.69, 9.17) is 4.52 Å². The maximum absolute atomic E-state index is 5.28. The quantitative estimate of drug-likeness (QED) is 0.734. The van der Waals surface area contributed by atoms with Crippen molar-refractivity contribution in [3.63, 3.8) is 0 Å². The molecule has 3 aromatic rings. The number of H-pyrrole nitrogens is 1. The summed E-state index contributed by atoms with van der Waals surface area (Å²) in [5.41, 5.74) is 2.10. The number of aryl methyl sites for hydroxylation is 1. The maximum atomic E-state index is 5.28. The molecule has 2 heterocycles. The highest BCUT2D eigenvalue weighted by atomic mass is 32.2. The predicted octanol–water partition coefficient (Wildman–Crippen LogP) is 3.75. The maximum Gasteiger partial charge on any atom is 0.232 e. The molecule has 0 saturated heterocycles. The molecule has 120 valence electrons. The van der Waals surface area contributed by atoms with E-state index in [0.29, 0.717) is 22.6 Å². The van der Waals surface area contributed by atoms with Crippen LogP contribution < -0.4 is 0 Å². The first-order valence-corrected chi connectivity index (χ1v) is 8.36. The predicted molar refractivity (Wildman–Crippen MR) is 89.1 cm³/mol. The van der Waals surface area contributed by atoms with Crippen molar-refractivity contribution in [1.82, 2.24) is 25.3 Å². The number of hydrogen-bond donors (Lipinski definition) is 1. The number of rotatable bonds is 4. The summed E-state index contributed by atoms with van der Waals surface area (Å²) in [4.78, 5) is 8.90. The average Bonchev–Trinajstić information content (AvgIpc) is 3.15. The molecule has 2 aromatic heterocycles. The van der Waals surface area contributed by atoms with Gasteiger partial charge in [0, 0.05) is 11.0 Å². The summed E-state index contributed by atoms with van der Waals surface area (Å²) in [6.45, 7) is 8.18. The first-order valence-electron chi connectivity index (χ1n) is 7.37. The molecule has 7 heteroatoms. The Kier molecular flexibility index (Phi) is 4.21. The summed E-state index contributed by atoms with van der Waals surface area (Å²) in [6, 6.07) is 8.16. The molecule has 0 bridgehead atoms. The number of nitrogens with zero attached hydrogens (tertiary/aromatic N) is 4. The van der Waals surface area contributed by atoms with Gasteiger partial charge in [0.2, 0.25) is 11.0 Å². The van der Waals surface area contributed by atoms with E-state index in [9.17, 15) is 0 Å². The molecule has 0 unspecified atom stereocenters. The molecule has 0 aliphatic carbocycles. The second kappa shape index (κ2) is 6.16. The van der Waals surface area contributed by atoms with E-state index in [1.165, 1.54) is 17.3 Å². The minimum atomic E-state index is -0.140. The molecular formula is C16H19N5OS. The van der Waals surface area contributed by atoms with Crippen molar-refractivity contribution in [2.24, 2.45) is 0 Å². The van der Waals surface area contributed by atoms with Gasteiger partial charge in [-0.1, -0.05) is 67.5 Å². The number of aromatic amines is 1. The zero-order chi connectivity index (χ0) is 16.4. The van der Waals surface area contributed by atoms with Crippen molar-refractivity contribution < 1.29 is 4.52 Å². The molecule has 23 heavy (non-hydrogen) atoms. The first-order chi connectivity index (χ1) is 10.9. The van der Waals surface area contributed by atoms with Crippen molar-refractivity contribution in [2.45, 2.75) is 44.0 Å². The lowest BCUT2D eigenvalue weighted by Crippen LogP contribution is -2.11. The molecule has 0 saturated carbocycles. The standard InChI is InChI=1S/C16H19N5OS/c1-10-5-7-11(8-6-10)13-18-15(20-19-13)23-9-12-17-14(22-21-12)16(2,3)4/h5-8H,9H2,1-4H3,(H,18,19,20). The fraction of sp³-hybridized carbons (Fsp3) is 0.375. The van der Waals surface area contributed by atoms with Crippen LogP contribution in [0.3, 0.4) is 0 Å². The van der Waals surface area contributed by atoms with Gasteiger partial charge in [-0.15, -0.1) is 5.10 Å². The summed E-state index contributed by atoms with van der Waals surface area (Å²) in [7, 11) is 0. The van der Waals surface area contributed by atoms with E-state index < -0.39 is 0 Å². The van der Waals surface area contributed by atoms with Crippen LogP contribution in [0.5, 0.6) is 0 Å². The highest BCUT2D eigenvalue weighted by molar-refractivity contribution is 7.98. The molecule has 6 nitrogen and oxygen atoms in total. The number of nitrogens with one attached hydrogen (secondary N) is 1. The van der Waals surface area contributed by atoms with E-state index in [1.54, 1.807) is 0 Å². The Labute approximate surface area is 139 Å². The number of aromatic nitrogens is 5. The van der Waals surface area contributed by atoms with E-state index in [2.05, 4.69) is 44.4 Å². The van der Waals surface area contributed by atoms with Crippen molar-refractivity contribution in [2.75, 3.05) is 0 Å². The lowest BCUT2D eigenvalue weighted by atomic mass is 9.97. The molecule has 1 aromatic carbocycles. The summed E-state index contributed by atoms with van der Waals surface area (Å²) >= 11 is 1.48. The van der Waals surface area contributed by atoms with E-state index >= 15 is 0 Å². The Morgan fingerprint density at radius 2 is 1.87 bits per heavy atom. The number of benzene rings is 1. The van der Waals surface area contributed by atoms with E-state index in [0.717, 1.165) is 11.4 Å². The van der Waals surface area contributed by atoms with Gasteiger partial charge in [0.25, 0.3) is 0 Å². The van der Waals surface area contributed by atoms with Crippen molar-refractivity contribution in [1.29, 1.82) is 0 Å². The minimum Gasteiger partial charge on any atom is -0.339 e. The Balaban J connectivity index is 1.65. The van der Waals surface area contributed by atoms with Crippen molar-refractivity contribution >= 4 is 11.8 Å². The molecule has 0 radical (unpaired) electrons. The first kappa shape index (κ1) is 15.7. The van der Waals surface area contributed by atoms with Crippen LogP contribution in [0.4, 0.5) is 0 Å². The smallest absolute Gasteiger partial charge is 0.232 e. The second-order valence-corrected chi connectivity index (χ2v) is 7.33. The molecule has 0 fully saturated rings. The molecule has 3 rings (SSSR count). The molecule has 1 N–H and O–H groups in total. The van der Waals surface area contributed by atoms with Gasteiger partial charge in [0.05, 0.1) is 5.75 Å². The van der Waals surface area contributed by atoms with Crippen LogP contribution in [0.15, 0.2) is 33.9 Å². The third-order valence-electron chi connectivity index (χ3n) is 3.23. The third kappa shape index (κ3) is 3.79. The minimum absolute atomic E-state index is 0.140. The van der Waals surface area contributed by atoms with Gasteiger partial charge >= 0.3 is 0 Å². The third-order valence-corrected chi connectivity index (χ3v) is 4.07. The Hall–Kier alpha value is -2.15. The average molecular weight is 329 g/mol. The normalized spacial score (nSPS) is 11.8. The van der Waals surface area contributed by atoms with E-state index in [-0.39, 0.29) is 5.41 Å². The summed E-state index contributed by atoms with van der Waals surface area (Å²) in [5.74, 6) is 2.63. The van der Waals surface area contributed by atoms with Crippen molar-refractivity contribution in [3.05, 3.63) is 41.5 Å². The van der Waals surface area contributed by atoms with Gasteiger partial charge in [0.15, 0.2) is 11.6 Å². The zero-order valence-corrected chi connectivity index (χ0v) is 14.4. The highest BCUT2D eigenvalue weighted by Gasteiger charge is 2.21. The summed E-state index contributed by atoms with van der Waals surface area (Å²) < 4.78 is 5.28. The van der Waals surface area contributed by atoms with Gasteiger partial charge in [-0.05, 0) is 6.92 Å². The summed E-state index contributed by atoms with van der Waals surface area (Å²) in [6.07, 6.45) is 0. The van der Waals surface area contributed by atoms with Crippen LogP contribution in [0.2, 0.25) is 0 Å². The molecular weight excluding hydrogens is 310 g/mol. The van der Waals surface area contributed by atoms with Gasteiger partial charge in [-0.3, -0.25) is 5.10 Å². The van der Waals surface area contributed by atoms with Crippen molar-refractivity contribution in [3.8, 4) is 11.4 Å². The van der Waals surface area contributed by atoms with Crippen LogP contribution in [0, 0.1) is 6.92 Å². The van der Waals surface area contributed by atoms with Gasteiger partial charge in [0.1, 0.15) is 0 Å². The number of thioether (sulfide) groups is 1. The second-order valence-electron chi connectivity index (χ2n) is 6.39. The zero-order valence-electron chi connectivity index (χ0n) is 13.6. The van der Waals surface area contributed by atoms with E-state index in [1.807, 2.05) is 32.9 Å². The van der Waals surface area contributed by atoms with Crippen LogP contribution in [-0.2, 0) is 11.2 Å². The Morgan fingerprint density at radius 3 is 2.52 bits per heavy atom. The molecule has 0 amide bonds. The molecule has 0 aliphatic rings. The molecule has 0 aliphatic heterocycles. The number of hydrogen-bond acceptors (Lipinski definition) is 6. The van der Waals surface area contributed by atoms with Crippen LogP contribution in [0.1, 0.15) is 38.0 Å². The van der Waals surface area contributed by atoms with Gasteiger partial charge in [-0.25, -0.2) is 4.98 Å². The molecule has 0 atom stereocenters. The lowest BCUT2D eigenvalue weighted by Gasteiger charge is -2.10. The molecule has 0 spiro atoms. The largest absolute Gasteiger partial charge is 0.339 e. The lowest BCUT2D eigenvalue weighted by molar-refractivity contribution is 0.319. The van der Waals surface area contributed by atoms with Crippen LogP contribution >= 0.6 is 11.8 Å². The van der Waals surface area contributed by atoms with Gasteiger partial charge in [-0.2, -0.15) is 4.98 Å². The topological polar surface area (TPSA) is 80.5 Å². The Bertz CT molecular complexity index is 785. The Morgan fingerprint density at radius 1 is 1.13 bits per heavy atom.